The van der Waals surface area contributed by atoms with Crippen LogP contribution in [0.25, 0.3) is 0 Å². The van der Waals surface area contributed by atoms with Crippen LogP contribution in [0.4, 0.5) is 0 Å². The predicted octanol–water partition coefficient (Wildman–Crippen LogP) is -3.07. The minimum atomic E-state index is -0.679. The van der Waals surface area contributed by atoms with E-state index in [1.165, 1.54) is 9.80 Å². The van der Waals surface area contributed by atoms with Crippen molar-refractivity contribution in [3.63, 3.8) is 0 Å². The van der Waals surface area contributed by atoms with Gasteiger partial charge in [0.2, 0.25) is 0 Å². The lowest BCUT2D eigenvalue weighted by Gasteiger charge is -2.43. The Morgan fingerprint density at radius 2 is 1.00 bits per heavy atom. The van der Waals surface area contributed by atoms with Gasteiger partial charge in [0.1, 0.15) is 0 Å². The van der Waals surface area contributed by atoms with E-state index < -0.39 is 31.7 Å². The fraction of sp³-hybridized carbons (Fsp3) is 1.00. The summed E-state index contributed by atoms with van der Waals surface area (Å²) >= 11 is 0. The van der Waals surface area contributed by atoms with Crippen molar-refractivity contribution in [3.8, 4) is 0 Å². The second-order valence-corrected chi connectivity index (χ2v) is 4.24. The van der Waals surface area contributed by atoms with E-state index in [1.54, 1.807) is 6.92 Å². The zero-order valence-electron chi connectivity index (χ0n) is 11.3. The molecule has 116 valence electrons. The predicted molar refractivity (Wildman–Crippen MR) is 67.8 cm³/mol. The van der Waals surface area contributed by atoms with E-state index in [9.17, 15) is 30.6 Å². The van der Waals surface area contributed by atoms with Crippen LogP contribution in [0.15, 0.2) is 0 Å². The third-order valence-electron chi connectivity index (χ3n) is 3.24. The molecule has 0 heterocycles. The van der Waals surface area contributed by atoms with Gasteiger partial charge in [0.25, 0.3) is 0 Å². The Labute approximate surface area is 113 Å². The third-order valence-corrected chi connectivity index (χ3v) is 3.24. The molecule has 8 nitrogen and oxygen atoms in total. The highest BCUT2D eigenvalue weighted by Gasteiger charge is 2.31. The summed E-state index contributed by atoms with van der Waals surface area (Å²) in [6.07, 6.45) is -0.0581. The number of hydrogen-bond acceptors (Lipinski definition) is 8. The smallest absolute Gasteiger partial charge is 0.0972 e. The van der Waals surface area contributed by atoms with Crippen molar-refractivity contribution in [2.45, 2.75) is 31.6 Å². The molecule has 0 amide bonds. The second-order valence-electron chi connectivity index (χ2n) is 4.24. The van der Waals surface area contributed by atoms with Crippen LogP contribution in [0.1, 0.15) is 13.3 Å². The molecule has 0 aliphatic rings. The van der Waals surface area contributed by atoms with Gasteiger partial charge in [0.15, 0.2) is 0 Å². The Bertz CT molecular complexity index is 193. The van der Waals surface area contributed by atoms with Crippen LogP contribution >= 0.6 is 0 Å². The third kappa shape index (κ3) is 4.93. The van der Waals surface area contributed by atoms with Crippen LogP contribution in [0.2, 0.25) is 0 Å². The Hall–Kier alpha value is -0.320. The first-order chi connectivity index (χ1) is 9.14. The van der Waals surface area contributed by atoms with E-state index in [1.807, 2.05) is 0 Å². The number of nitrogens with zero attached hydrogens (tertiary/aromatic N) is 2. The lowest BCUT2D eigenvalue weighted by molar-refractivity contribution is -0.117. The first-order valence-corrected chi connectivity index (χ1v) is 6.31. The number of rotatable bonds is 11. The molecule has 0 bridgehead atoms. The van der Waals surface area contributed by atoms with Gasteiger partial charge in [-0.3, -0.25) is 9.80 Å². The number of aliphatic hydroxyl groups is 6. The van der Waals surface area contributed by atoms with E-state index in [-0.39, 0.29) is 26.4 Å². The zero-order valence-corrected chi connectivity index (χ0v) is 11.3. The fourth-order valence-corrected chi connectivity index (χ4v) is 2.10. The molecule has 0 radical (unpaired) electrons. The summed E-state index contributed by atoms with van der Waals surface area (Å²) in [5.41, 5.74) is 0. The van der Waals surface area contributed by atoms with E-state index in [0.29, 0.717) is 6.42 Å². The van der Waals surface area contributed by atoms with Gasteiger partial charge in [0, 0.05) is 0 Å². The Morgan fingerprint density at radius 3 is 1.16 bits per heavy atom. The summed E-state index contributed by atoms with van der Waals surface area (Å²) in [7, 11) is 0. The number of aliphatic hydroxyl groups excluding tert-OH is 6. The first-order valence-electron chi connectivity index (χ1n) is 6.31. The van der Waals surface area contributed by atoms with Crippen molar-refractivity contribution in [2.24, 2.45) is 0 Å². The maximum absolute atomic E-state index is 9.40. The van der Waals surface area contributed by atoms with Crippen LogP contribution in [-0.2, 0) is 0 Å². The summed E-state index contributed by atoms with van der Waals surface area (Å²) in [5, 5.41) is 55.6. The van der Waals surface area contributed by atoms with E-state index in [0.717, 1.165) is 0 Å². The van der Waals surface area contributed by atoms with Gasteiger partial charge in [-0.25, -0.2) is 0 Å². The molecule has 19 heavy (non-hydrogen) atoms. The van der Waals surface area contributed by atoms with Crippen LogP contribution in [0.5, 0.6) is 0 Å². The standard InChI is InChI=1S/C11H26N2O6/c1-2-11(12(7-18)9(3-14)4-15)13(8-19)10(5-16)6-17/h9-11,14-19H,2-8H2,1H3. The molecule has 0 fully saturated rings. The lowest BCUT2D eigenvalue weighted by Crippen LogP contribution is -2.59. The molecule has 0 spiro atoms. The Morgan fingerprint density at radius 1 is 0.684 bits per heavy atom. The molecule has 0 saturated heterocycles. The largest absolute Gasteiger partial charge is 0.395 e. The molecular weight excluding hydrogens is 256 g/mol. The molecule has 6 N–H and O–H groups in total. The molecule has 0 saturated carbocycles. The van der Waals surface area contributed by atoms with Crippen LogP contribution < -0.4 is 0 Å². The summed E-state index contributed by atoms with van der Waals surface area (Å²) in [4.78, 5) is 2.82. The maximum atomic E-state index is 9.40. The molecular formula is C11H26N2O6. The summed E-state index contributed by atoms with van der Waals surface area (Å²) < 4.78 is 0. The van der Waals surface area contributed by atoms with Crippen LogP contribution in [-0.4, -0.2) is 98.6 Å². The highest BCUT2D eigenvalue weighted by Crippen LogP contribution is 2.16. The zero-order chi connectivity index (χ0) is 14.8. The van der Waals surface area contributed by atoms with Crippen molar-refractivity contribution in [1.29, 1.82) is 0 Å². The molecule has 0 aliphatic carbocycles. The summed E-state index contributed by atoms with van der Waals surface area (Å²) in [5.74, 6) is 0. The van der Waals surface area contributed by atoms with Crippen molar-refractivity contribution < 1.29 is 30.6 Å². The Kier molecular flexibility index (Phi) is 10.3. The maximum Gasteiger partial charge on any atom is 0.0972 e. The molecule has 0 aromatic heterocycles. The van der Waals surface area contributed by atoms with Crippen LogP contribution in [0, 0.1) is 0 Å². The van der Waals surface area contributed by atoms with Crippen molar-refractivity contribution in [1.82, 2.24) is 9.80 Å². The van der Waals surface area contributed by atoms with Crippen LogP contribution in [0.3, 0.4) is 0 Å². The summed E-state index contributed by atoms with van der Waals surface area (Å²) in [6, 6.07) is -1.36. The van der Waals surface area contributed by atoms with E-state index in [4.69, 9.17) is 0 Å². The van der Waals surface area contributed by atoms with Crippen molar-refractivity contribution >= 4 is 0 Å². The minimum Gasteiger partial charge on any atom is -0.395 e. The first kappa shape index (κ1) is 18.7. The molecule has 0 aliphatic heterocycles. The minimum absolute atomic E-state index is 0.351. The fourth-order valence-electron chi connectivity index (χ4n) is 2.10. The summed E-state index contributed by atoms with van der Waals surface area (Å²) in [6.45, 7) is -0.459. The molecule has 0 aromatic carbocycles. The topological polar surface area (TPSA) is 128 Å². The highest BCUT2D eigenvalue weighted by atomic mass is 16.3. The van der Waals surface area contributed by atoms with Gasteiger partial charge in [-0.05, 0) is 6.42 Å². The highest BCUT2D eigenvalue weighted by molar-refractivity contribution is 4.80. The van der Waals surface area contributed by atoms with Gasteiger partial charge >= 0.3 is 0 Å². The molecule has 0 rings (SSSR count). The van der Waals surface area contributed by atoms with Gasteiger partial charge in [-0.2, -0.15) is 0 Å². The van der Waals surface area contributed by atoms with Gasteiger partial charge in [-0.1, -0.05) is 6.92 Å². The van der Waals surface area contributed by atoms with Crippen molar-refractivity contribution in [3.05, 3.63) is 0 Å². The molecule has 0 atom stereocenters. The molecule has 0 unspecified atom stereocenters. The average Bonchev–Trinajstić information content (AvgIpc) is 2.46. The van der Waals surface area contributed by atoms with Gasteiger partial charge in [0.05, 0.1) is 58.1 Å². The van der Waals surface area contributed by atoms with Gasteiger partial charge < -0.3 is 30.6 Å². The average molecular weight is 282 g/mol. The van der Waals surface area contributed by atoms with E-state index >= 15 is 0 Å². The lowest BCUT2D eigenvalue weighted by atomic mass is 10.1. The van der Waals surface area contributed by atoms with Crippen molar-refractivity contribution in [2.75, 3.05) is 39.9 Å². The number of hydrogen-bond donors (Lipinski definition) is 6. The van der Waals surface area contributed by atoms with E-state index in [2.05, 4.69) is 0 Å². The normalized spacial score (nSPS) is 12.6. The molecule has 0 aromatic rings. The molecule has 8 heteroatoms. The second kappa shape index (κ2) is 10.5. The monoisotopic (exact) mass is 282 g/mol. The van der Waals surface area contributed by atoms with Gasteiger partial charge in [-0.15, -0.1) is 0 Å². The quantitative estimate of drug-likeness (QED) is 0.220. The SMILES string of the molecule is CCC(N(CO)C(CO)CO)N(CO)C(CO)CO. The Balaban J connectivity index is 5.09.